The fourth-order valence-electron chi connectivity index (χ4n) is 2.61. The van der Waals surface area contributed by atoms with Gasteiger partial charge in [-0.3, -0.25) is 9.59 Å². The quantitative estimate of drug-likeness (QED) is 0.503. The number of hydrogen-bond donors (Lipinski definition) is 1. The minimum absolute atomic E-state index is 0.117. The van der Waals surface area contributed by atoms with Crippen molar-refractivity contribution in [3.05, 3.63) is 59.9 Å². The molecule has 0 radical (unpaired) electrons. The van der Waals surface area contributed by atoms with Crippen molar-refractivity contribution in [2.45, 2.75) is 24.3 Å². The van der Waals surface area contributed by atoms with Gasteiger partial charge in [0.05, 0.1) is 10.9 Å². The third-order valence-corrected chi connectivity index (χ3v) is 5.29. The number of rotatable bonds is 6. The number of halogens is 1. The molecule has 3 aromatic rings. The molecule has 8 heteroatoms. The van der Waals surface area contributed by atoms with E-state index in [1.165, 1.54) is 30.8 Å². The van der Waals surface area contributed by atoms with Gasteiger partial charge in [-0.15, -0.1) is 10.2 Å². The molecule has 144 valence electrons. The van der Waals surface area contributed by atoms with E-state index in [4.69, 9.17) is 0 Å². The number of nitrogens with one attached hydrogen (secondary N) is 1. The molecule has 0 spiro atoms. The number of anilines is 1. The van der Waals surface area contributed by atoms with Gasteiger partial charge >= 0.3 is 0 Å². The number of amides is 1. The summed E-state index contributed by atoms with van der Waals surface area (Å²) in [5, 5.41) is 11.2. The molecule has 1 amide bonds. The average Bonchev–Trinajstić information content (AvgIpc) is 3.03. The first-order chi connectivity index (χ1) is 13.4. The number of carbonyl (C=O) groups is 2. The normalized spacial score (nSPS) is 11.9. The van der Waals surface area contributed by atoms with Crippen LogP contribution in [0.2, 0.25) is 0 Å². The van der Waals surface area contributed by atoms with E-state index in [-0.39, 0.29) is 17.5 Å². The van der Waals surface area contributed by atoms with Crippen LogP contribution >= 0.6 is 11.8 Å². The Morgan fingerprint density at radius 2 is 1.79 bits per heavy atom. The summed E-state index contributed by atoms with van der Waals surface area (Å²) in [6, 6.07) is 12.9. The van der Waals surface area contributed by atoms with E-state index in [1.807, 2.05) is 0 Å². The molecule has 0 fully saturated rings. The molecule has 0 aliphatic carbocycles. The van der Waals surface area contributed by atoms with Crippen LogP contribution in [0.4, 0.5) is 10.1 Å². The summed E-state index contributed by atoms with van der Waals surface area (Å²) in [6.07, 6.45) is 0. The summed E-state index contributed by atoms with van der Waals surface area (Å²) in [4.78, 5) is 24.3. The standard InChI is InChI=1S/C20H19FN4O2S/c1-12(26)16-6-4-5-7-17(16)22-19(27)13(2)28-20-24-23-18(25(20)3)14-8-10-15(21)11-9-14/h4-11,13H,1-3H3,(H,22,27). The lowest BCUT2D eigenvalue weighted by Crippen LogP contribution is -2.23. The maximum Gasteiger partial charge on any atom is 0.237 e. The lowest BCUT2D eigenvalue weighted by atomic mass is 10.1. The molecular weight excluding hydrogens is 379 g/mol. The predicted molar refractivity (Wildman–Crippen MR) is 107 cm³/mol. The predicted octanol–water partition coefficient (Wildman–Crippen LogP) is 3.94. The van der Waals surface area contributed by atoms with Crippen molar-refractivity contribution in [2.75, 3.05) is 5.32 Å². The van der Waals surface area contributed by atoms with E-state index >= 15 is 0 Å². The first-order valence-electron chi connectivity index (χ1n) is 8.59. The topological polar surface area (TPSA) is 76.9 Å². The second kappa shape index (κ2) is 8.35. The van der Waals surface area contributed by atoms with Crippen LogP contribution < -0.4 is 5.32 Å². The number of thioether (sulfide) groups is 1. The van der Waals surface area contributed by atoms with E-state index in [2.05, 4.69) is 15.5 Å². The summed E-state index contributed by atoms with van der Waals surface area (Å²) in [7, 11) is 1.79. The van der Waals surface area contributed by atoms with Gasteiger partial charge in [0, 0.05) is 18.2 Å². The van der Waals surface area contributed by atoms with E-state index < -0.39 is 5.25 Å². The number of aromatic nitrogens is 3. The highest BCUT2D eigenvalue weighted by Gasteiger charge is 2.20. The van der Waals surface area contributed by atoms with E-state index in [0.29, 0.717) is 22.2 Å². The lowest BCUT2D eigenvalue weighted by Gasteiger charge is -2.13. The molecule has 3 rings (SSSR count). The molecule has 0 aliphatic heterocycles. The first kappa shape index (κ1) is 19.8. The van der Waals surface area contributed by atoms with Gasteiger partial charge in [0.25, 0.3) is 0 Å². The molecule has 2 aromatic carbocycles. The van der Waals surface area contributed by atoms with Gasteiger partial charge in [-0.2, -0.15) is 0 Å². The third-order valence-electron chi connectivity index (χ3n) is 4.15. The number of hydrogen-bond acceptors (Lipinski definition) is 5. The smallest absolute Gasteiger partial charge is 0.237 e. The lowest BCUT2D eigenvalue weighted by molar-refractivity contribution is -0.115. The van der Waals surface area contributed by atoms with Crippen LogP contribution in [0.25, 0.3) is 11.4 Å². The van der Waals surface area contributed by atoms with Gasteiger partial charge < -0.3 is 9.88 Å². The molecule has 1 aromatic heterocycles. The highest BCUT2D eigenvalue weighted by Crippen LogP contribution is 2.27. The van der Waals surface area contributed by atoms with Gasteiger partial charge in [0.2, 0.25) is 5.91 Å². The average molecular weight is 398 g/mol. The van der Waals surface area contributed by atoms with Gasteiger partial charge in [-0.1, -0.05) is 23.9 Å². The molecule has 6 nitrogen and oxygen atoms in total. The summed E-state index contributed by atoms with van der Waals surface area (Å²) in [5.74, 6) is -0.104. The second-order valence-corrected chi connectivity index (χ2v) is 7.53. The zero-order valence-corrected chi connectivity index (χ0v) is 16.5. The minimum Gasteiger partial charge on any atom is -0.324 e. The molecule has 1 heterocycles. The first-order valence-corrected chi connectivity index (χ1v) is 9.47. The van der Waals surface area contributed by atoms with Crippen LogP contribution in [0.15, 0.2) is 53.7 Å². The Morgan fingerprint density at radius 1 is 1.11 bits per heavy atom. The van der Waals surface area contributed by atoms with Gasteiger partial charge in [-0.05, 0) is 50.2 Å². The van der Waals surface area contributed by atoms with Gasteiger partial charge in [0.15, 0.2) is 16.8 Å². The molecule has 0 aliphatic rings. The van der Waals surface area contributed by atoms with Crippen molar-refractivity contribution in [1.29, 1.82) is 0 Å². The van der Waals surface area contributed by atoms with Crippen molar-refractivity contribution in [2.24, 2.45) is 7.05 Å². The van der Waals surface area contributed by atoms with Crippen molar-refractivity contribution >= 4 is 29.1 Å². The van der Waals surface area contributed by atoms with Crippen molar-refractivity contribution in [3.63, 3.8) is 0 Å². The van der Waals surface area contributed by atoms with Gasteiger partial charge in [-0.25, -0.2) is 4.39 Å². The van der Waals surface area contributed by atoms with Crippen molar-refractivity contribution < 1.29 is 14.0 Å². The second-order valence-electron chi connectivity index (χ2n) is 6.22. The molecule has 0 bridgehead atoms. The molecular formula is C20H19FN4O2S. The number of carbonyl (C=O) groups excluding carboxylic acids is 2. The van der Waals surface area contributed by atoms with E-state index in [9.17, 15) is 14.0 Å². The Hall–Kier alpha value is -3.00. The SMILES string of the molecule is CC(=O)c1ccccc1NC(=O)C(C)Sc1nnc(-c2ccc(F)cc2)n1C. The van der Waals surface area contributed by atoms with Crippen molar-refractivity contribution in [3.8, 4) is 11.4 Å². The molecule has 1 N–H and O–H groups in total. The summed E-state index contributed by atoms with van der Waals surface area (Å²) < 4.78 is 14.9. The monoisotopic (exact) mass is 398 g/mol. The highest BCUT2D eigenvalue weighted by atomic mass is 32.2. The summed E-state index contributed by atoms with van der Waals surface area (Å²) in [6.45, 7) is 3.21. The highest BCUT2D eigenvalue weighted by molar-refractivity contribution is 8.00. The molecule has 0 saturated carbocycles. The molecule has 1 unspecified atom stereocenters. The summed E-state index contributed by atoms with van der Waals surface area (Å²) >= 11 is 1.25. The maximum atomic E-state index is 13.1. The zero-order chi connectivity index (χ0) is 20.3. The fourth-order valence-corrected chi connectivity index (χ4v) is 3.43. The Balaban J connectivity index is 1.73. The number of ketones is 1. The van der Waals surface area contributed by atoms with E-state index in [1.54, 1.807) is 54.9 Å². The molecule has 0 saturated heterocycles. The van der Waals surface area contributed by atoms with Crippen LogP contribution in [0.3, 0.4) is 0 Å². The Bertz CT molecular complexity index is 1020. The Morgan fingerprint density at radius 3 is 2.46 bits per heavy atom. The number of para-hydroxylation sites is 1. The number of benzene rings is 2. The molecule has 28 heavy (non-hydrogen) atoms. The Kier molecular flexibility index (Phi) is 5.89. The van der Waals surface area contributed by atoms with Crippen LogP contribution in [0.5, 0.6) is 0 Å². The largest absolute Gasteiger partial charge is 0.324 e. The minimum atomic E-state index is -0.469. The van der Waals surface area contributed by atoms with Crippen LogP contribution in [-0.4, -0.2) is 31.7 Å². The zero-order valence-electron chi connectivity index (χ0n) is 15.6. The Labute approximate surface area is 166 Å². The maximum absolute atomic E-state index is 13.1. The van der Waals surface area contributed by atoms with Crippen LogP contribution in [-0.2, 0) is 11.8 Å². The number of nitrogens with zero attached hydrogens (tertiary/aromatic N) is 3. The van der Waals surface area contributed by atoms with Crippen molar-refractivity contribution in [1.82, 2.24) is 14.8 Å². The fraction of sp³-hybridized carbons (Fsp3) is 0.200. The van der Waals surface area contributed by atoms with Crippen LogP contribution in [0, 0.1) is 5.82 Å². The van der Waals surface area contributed by atoms with E-state index in [0.717, 1.165) is 5.56 Å². The number of Topliss-reactive ketones (excluding diaryl/α,β-unsaturated/α-hetero) is 1. The summed E-state index contributed by atoms with van der Waals surface area (Å²) in [5.41, 5.74) is 1.68. The van der Waals surface area contributed by atoms with Crippen LogP contribution in [0.1, 0.15) is 24.2 Å². The third kappa shape index (κ3) is 4.28. The molecule has 1 atom stereocenters. The van der Waals surface area contributed by atoms with Gasteiger partial charge in [0.1, 0.15) is 5.82 Å².